The number of carbonyl (C=O) groups excluding carboxylic acids is 1. The zero-order valence-electron chi connectivity index (χ0n) is 8.76. The number of ether oxygens (including phenoxy) is 1. The van der Waals surface area contributed by atoms with Crippen LogP contribution in [-0.2, 0) is 14.4 Å². The molecule has 0 bridgehead atoms. The number of nitrogens with zero attached hydrogens (tertiary/aromatic N) is 1. The van der Waals surface area contributed by atoms with Crippen LogP contribution in [-0.4, -0.2) is 49.4 Å². The third kappa shape index (κ3) is 3.50. The first kappa shape index (κ1) is 14.1. The van der Waals surface area contributed by atoms with Crippen LogP contribution in [0.1, 0.15) is 6.42 Å². The third-order valence-corrected chi connectivity index (χ3v) is 2.23. The maximum Gasteiger partial charge on any atom is 0.492 e. The summed E-state index contributed by atoms with van der Waals surface area (Å²) in [4.78, 5) is 14.2. The van der Waals surface area contributed by atoms with Crippen molar-refractivity contribution in [2.75, 3.05) is 20.2 Å². The molecule has 0 aromatic heterocycles. The minimum Gasteiger partial charge on any atom is -0.375 e. The molecule has 0 N–H and O–H groups in total. The van der Waals surface area contributed by atoms with E-state index in [1.165, 1.54) is 0 Å². The van der Waals surface area contributed by atoms with Crippen LogP contribution in [0.25, 0.3) is 0 Å². The summed E-state index contributed by atoms with van der Waals surface area (Å²) >= 11 is 0. The van der Waals surface area contributed by atoms with Gasteiger partial charge in [0.15, 0.2) is 0 Å². The molecule has 0 spiro atoms. The van der Waals surface area contributed by atoms with Gasteiger partial charge in [0, 0.05) is 13.7 Å². The number of carbonyl (C=O) groups is 1. The fraction of sp³-hybridized carbons (Fsp3) is 0.875. The van der Waals surface area contributed by atoms with Gasteiger partial charge in [0.2, 0.25) is 0 Å². The fourth-order valence-corrected chi connectivity index (χ4v) is 1.43. The van der Waals surface area contributed by atoms with Crippen molar-refractivity contribution >= 4 is 5.97 Å². The molecular formula is C8H10F5NO3. The smallest absolute Gasteiger partial charge is 0.375 e. The number of hydroxylamine groups is 2. The molecule has 100 valence electrons. The molecule has 0 amide bonds. The Morgan fingerprint density at radius 2 is 2.00 bits per heavy atom. The van der Waals surface area contributed by atoms with E-state index in [-0.39, 0.29) is 13.0 Å². The Hall–Kier alpha value is -0.960. The Labute approximate surface area is 93.2 Å². The Balaban J connectivity index is 2.57. The van der Waals surface area contributed by atoms with E-state index in [4.69, 9.17) is 0 Å². The Bertz CT molecular complexity index is 293. The van der Waals surface area contributed by atoms with Crippen molar-refractivity contribution in [3.63, 3.8) is 0 Å². The number of rotatable bonds is 2. The highest BCUT2D eigenvalue weighted by Crippen LogP contribution is 2.30. The predicted octanol–water partition coefficient (Wildman–Crippen LogP) is 1.36. The first-order valence-electron chi connectivity index (χ1n) is 4.61. The fourth-order valence-electron chi connectivity index (χ4n) is 1.43. The molecule has 17 heavy (non-hydrogen) atoms. The van der Waals surface area contributed by atoms with Crippen molar-refractivity contribution in [3.8, 4) is 0 Å². The molecule has 1 aliphatic rings. The SMILES string of the molecule is COC1CCN(OC(=O)C(F)(F)F)CC1(F)F. The lowest BCUT2D eigenvalue weighted by molar-refractivity contribution is -0.269. The van der Waals surface area contributed by atoms with E-state index in [2.05, 4.69) is 9.57 Å². The molecule has 0 saturated carbocycles. The highest BCUT2D eigenvalue weighted by Gasteiger charge is 2.49. The van der Waals surface area contributed by atoms with Gasteiger partial charge in [0.25, 0.3) is 5.92 Å². The molecule has 1 atom stereocenters. The molecule has 0 aliphatic carbocycles. The summed E-state index contributed by atoms with van der Waals surface area (Å²) in [5.74, 6) is -5.87. The van der Waals surface area contributed by atoms with Crippen molar-refractivity contribution in [1.82, 2.24) is 5.06 Å². The van der Waals surface area contributed by atoms with Gasteiger partial charge in [-0.25, -0.2) is 13.6 Å². The maximum atomic E-state index is 13.2. The second-order valence-electron chi connectivity index (χ2n) is 3.51. The number of methoxy groups -OCH3 is 1. The first-order valence-corrected chi connectivity index (χ1v) is 4.61. The van der Waals surface area contributed by atoms with Gasteiger partial charge in [-0.2, -0.15) is 13.2 Å². The molecule has 1 rings (SSSR count). The second-order valence-corrected chi connectivity index (χ2v) is 3.51. The van der Waals surface area contributed by atoms with Crippen molar-refractivity contribution in [2.24, 2.45) is 0 Å². The minimum atomic E-state index is -5.20. The Morgan fingerprint density at radius 3 is 2.41 bits per heavy atom. The van der Waals surface area contributed by atoms with E-state index in [1.54, 1.807) is 0 Å². The third-order valence-electron chi connectivity index (χ3n) is 2.23. The summed E-state index contributed by atoms with van der Waals surface area (Å²) in [6.07, 6.45) is -6.81. The van der Waals surface area contributed by atoms with Gasteiger partial charge in [-0.1, -0.05) is 0 Å². The van der Waals surface area contributed by atoms with Crippen molar-refractivity contribution in [2.45, 2.75) is 24.6 Å². The van der Waals surface area contributed by atoms with Crippen LogP contribution in [0.2, 0.25) is 0 Å². The number of halogens is 5. The lowest BCUT2D eigenvalue weighted by atomic mass is 10.1. The van der Waals surface area contributed by atoms with E-state index in [0.29, 0.717) is 5.06 Å². The zero-order chi connectivity index (χ0) is 13.3. The zero-order valence-corrected chi connectivity index (χ0v) is 8.76. The average Bonchev–Trinajstić information content (AvgIpc) is 2.14. The van der Waals surface area contributed by atoms with E-state index >= 15 is 0 Å². The largest absolute Gasteiger partial charge is 0.492 e. The van der Waals surface area contributed by atoms with E-state index < -0.39 is 30.7 Å². The molecular weight excluding hydrogens is 253 g/mol. The van der Waals surface area contributed by atoms with Gasteiger partial charge in [-0.15, -0.1) is 5.06 Å². The summed E-state index contributed by atoms with van der Waals surface area (Å²) in [6.45, 7) is -1.36. The van der Waals surface area contributed by atoms with Crippen molar-refractivity contribution in [1.29, 1.82) is 0 Å². The highest BCUT2D eigenvalue weighted by atomic mass is 19.4. The van der Waals surface area contributed by atoms with Gasteiger partial charge in [-0.05, 0) is 6.42 Å². The average molecular weight is 263 g/mol. The molecule has 1 aliphatic heterocycles. The summed E-state index contributed by atoms with van der Waals surface area (Å²) in [7, 11) is 1.08. The maximum absolute atomic E-state index is 13.2. The van der Waals surface area contributed by atoms with E-state index in [1.807, 2.05) is 0 Å². The van der Waals surface area contributed by atoms with Crippen molar-refractivity contribution in [3.05, 3.63) is 0 Å². The topological polar surface area (TPSA) is 38.8 Å². The first-order chi connectivity index (χ1) is 7.66. The summed E-state index contributed by atoms with van der Waals surface area (Å²) in [6, 6.07) is 0. The van der Waals surface area contributed by atoms with Crippen LogP contribution >= 0.6 is 0 Å². The quantitative estimate of drug-likeness (QED) is 0.705. The Morgan fingerprint density at radius 1 is 1.41 bits per heavy atom. The minimum absolute atomic E-state index is 0.228. The van der Waals surface area contributed by atoms with Gasteiger partial charge >= 0.3 is 12.1 Å². The second kappa shape index (κ2) is 4.73. The van der Waals surface area contributed by atoms with Gasteiger partial charge in [-0.3, -0.25) is 0 Å². The number of hydrogen-bond acceptors (Lipinski definition) is 4. The molecule has 1 unspecified atom stereocenters. The van der Waals surface area contributed by atoms with Gasteiger partial charge < -0.3 is 9.57 Å². The van der Waals surface area contributed by atoms with Crippen LogP contribution < -0.4 is 0 Å². The van der Waals surface area contributed by atoms with E-state index in [9.17, 15) is 26.7 Å². The molecule has 1 fully saturated rings. The molecule has 0 radical (unpaired) electrons. The molecule has 9 heteroatoms. The summed E-state index contributed by atoms with van der Waals surface area (Å²) in [5, 5.41) is 0.297. The highest BCUT2D eigenvalue weighted by molar-refractivity contribution is 5.75. The number of alkyl halides is 5. The van der Waals surface area contributed by atoms with Gasteiger partial charge in [0.05, 0.1) is 0 Å². The Kier molecular flexibility index (Phi) is 3.92. The predicted molar refractivity (Wildman–Crippen MR) is 44.1 cm³/mol. The summed E-state index contributed by atoms with van der Waals surface area (Å²) < 4.78 is 66.4. The van der Waals surface area contributed by atoms with Crippen LogP contribution in [0.4, 0.5) is 22.0 Å². The lowest BCUT2D eigenvalue weighted by Crippen LogP contribution is -2.53. The van der Waals surface area contributed by atoms with Crippen LogP contribution in [0.15, 0.2) is 0 Å². The molecule has 0 aromatic rings. The molecule has 1 heterocycles. The van der Waals surface area contributed by atoms with Crippen LogP contribution in [0, 0.1) is 0 Å². The summed E-state index contributed by atoms with van der Waals surface area (Å²) in [5.41, 5.74) is 0. The van der Waals surface area contributed by atoms with Gasteiger partial charge in [0.1, 0.15) is 12.6 Å². The number of hydrogen-bond donors (Lipinski definition) is 0. The van der Waals surface area contributed by atoms with E-state index in [0.717, 1.165) is 7.11 Å². The van der Waals surface area contributed by atoms with Crippen LogP contribution in [0.5, 0.6) is 0 Å². The van der Waals surface area contributed by atoms with Crippen LogP contribution in [0.3, 0.4) is 0 Å². The standard InChI is InChI=1S/C8H10F5NO3/c1-16-5-2-3-14(4-7(5,9)10)17-6(15)8(11,12)13/h5H,2-4H2,1H3. The molecule has 1 saturated heterocycles. The monoisotopic (exact) mass is 263 g/mol. The normalized spacial score (nSPS) is 25.6. The molecule has 4 nitrogen and oxygen atoms in total. The number of piperidine rings is 1. The van der Waals surface area contributed by atoms with Crippen molar-refractivity contribution < 1.29 is 36.3 Å². The molecule has 0 aromatic carbocycles. The lowest BCUT2D eigenvalue weighted by Gasteiger charge is -2.35.